The van der Waals surface area contributed by atoms with E-state index < -0.39 is 0 Å². The minimum Gasteiger partial charge on any atom is -0.314 e. The standard InChI is InChI=1S/C14H28N2/c1-12-6-7-13(11-12)15-9-8-14-5-3-4-10-16(14)2/h12-15H,3-11H2,1-2H3. The first kappa shape index (κ1) is 12.4. The van der Waals surface area contributed by atoms with Crippen molar-refractivity contribution in [1.29, 1.82) is 0 Å². The maximum atomic E-state index is 3.75. The van der Waals surface area contributed by atoms with Gasteiger partial charge in [-0.25, -0.2) is 0 Å². The zero-order chi connectivity index (χ0) is 11.4. The summed E-state index contributed by atoms with van der Waals surface area (Å²) in [6, 6.07) is 1.67. The van der Waals surface area contributed by atoms with Gasteiger partial charge in [-0.1, -0.05) is 13.3 Å². The summed E-state index contributed by atoms with van der Waals surface area (Å²) in [6.07, 6.45) is 9.85. The predicted octanol–water partition coefficient (Wildman–Crippen LogP) is 2.64. The Balaban J connectivity index is 1.60. The normalized spacial score (nSPS) is 36.8. The summed E-state index contributed by atoms with van der Waals surface area (Å²) in [5.41, 5.74) is 0. The Bertz CT molecular complexity index is 205. The molecule has 0 amide bonds. The highest BCUT2D eigenvalue weighted by molar-refractivity contribution is 4.80. The van der Waals surface area contributed by atoms with E-state index in [9.17, 15) is 0 Å². The van der Waals surface area contributed by atoms with E-state index in [0.29, 0.717) is 0 Å². The largest absolute Gasteiger partial charge is 0.314 e. The lowest BCUT2D eigenvalue weighted by atomic mass is 10.00. The maximum absolute atomic E-state index is 3.75. The van der Waals surface area contributed by atoms with Crippen LogP contribution in [0, 0.1) is 5.92 Å². The molecule has 0 aromatic rings. The molecule has 2 nitrogen and oxygen atoms in total. The minimum absolute atomic E-state index is 0.823. The second-order valence-corrected chi connectivity index (χ2v) is 5.99. The molecule has 2 aliphatic rings. The lowest BCUT2D eigenvalue weighted by molar-refractivity contribution is 0.174. The third-order valence-corrected chi connectivity index (χ3v) is 4.53. The van der Waals surface area contributed by atoms with Crippen molar-refractivity contribution in [3.63, 3.8) is 0 Å². The van der Waals surface area contributed by atoms with Crippen molar-refractivity contribution in [2.75, 3.05) is 20.1 Å². The van der Waals surface area contributed by atoms with Gasteiger partial charge in [0, 0.05) is 12.1 Å². The molecule has 0 spiro atoms. The number of nitrogens with zero attached hydrogens (tertiary/aromatic N) is 1. The van der Waals surface area contributed by atoms with Crippen LogP contribution in [0.5, 0.6) is 0 Å². The molecule has 3 atom stereocenters. The van der Waals surface area contributed by atoms with E-state index in [0.717, 1.165) is 18.0 Å². The SMILES string of the molecule is CC1CCC(NCCC2CCCCN2C)C1. The van der Waals surface area contributed by atoms with Crippen LogP contribution in [0.4, 0.5) is 0 Å². The van der Waals surface area contributed by atoms with Crippen molar-refractivity contribution in [3.05, 3.63) is 0 Å². The Kier molecular flexibility index (Phi) is 4.66. The van der Waals surface area contributed by atoms with E-state index in [4.69, 9.17) is 0 Å². The van der Waals surface area contributed by atoms with Crippen LogP contribution in [-0.4, -0.2) is 37.1 Å². The Hall–Kier alpha value is -0.0800. The van der Waals surface area contributed by atoms with E-state index >= 15 is 0 Å². The molecule has 1 saturated heterocycles. The van der Waals surface area contributed by atoms with Crippen LogP contribution in [0.3, 0.4) is 0 Å². The summed E-state index contributed by atoms with van der Waals surface area (Å²) >= 11 is 0. The van der Waals surface area contributed by atoms with Crippen molar-refractivity contribution in [3.8, 4) is 0 Å². The fourth-order valence-corrected chi connectivity index (χ4v) is 3.36. The number of hydrogen-bond donors (Lipinski definition) is 1. The van der Waals surface area contributed by atoms with Gasteiger partial charge in [-0.2, -0.15) is 0 Å². The highest BCUT2D eigenvalue weighted by atomic mass is 15.1. The molecule has 1 N–H and O–H groups in total. The highest BCUT2D eigenvalue weighted by Crippen LogP contribution is 2.24. The summed E-state index contributed by atoms with van der Waals surface area (Å²) in [5.74, 6) is 0.954. The first-order chi connectivity index (χ1) is 7.75. The van der Waals surface area contributed by atoms with Crippen molar-refractivity contribution in [2.45, 2.75) is 64.0 Å². The number of nitrogens with one attached hydrogen (secondary N) is 1. The Morgan fingerprint density at radius 1 is 1.19 bits per heavy atom. The summed E-state index contributed by atoms with van der Waals surface area (Å²) in [4.78, 5) is 2.56. The van der Waals surface area contributed by atoms with E-state index in [1.165, 1.54) is 58.0 Å². The third-order valence-electron chi connectivity index (χ3n) is 4.53. The average Bonchev–Trinajstić information content (AvgIpc) is 2.67. The van der Waals surface area contributed by atoms with Crippen LogP contribution >= 0.6 is 0 Å². The zero-order valence-corrected chi connectivity index (χ0v) is 11.0. The van der Waals surface area contributed by atoms with Gasteiger partial charge < -0.3 is 10.2 Å². The van der Waals surface area contributed by atoms with Gasteiger partial charge in [0.1, 0.15) is 0 Å². The second-order valence-electron chi connectivity index (χ2n) is 5.99. The summed E-state index contributed by atoms with van der Waals surface area (Å²) in [6.45, 7) is 4.92. The van der Waals surface area contributed by atoms with Crippen LogP contribution in [0.15, 0.2) is 0 Å². The lowest BCUT2D eigenvalue weighted by Crippen LogP contribution is -2.39. The third kappa shape index (κ3) is 3.46. The van der Waals surface area contributed by atoms with Gasteiger partial charge in [-0.15, -0.1) is 0 Å². The summed E-state index contributed by atoms with van der Waals surface area (Å²) in [5, 5.41) is 3.75. The molecule has 2 rings (SSSR count). The quantitative estimate of drug-likeness (QED) is 0.790. The van der Waals surface area contributed by atoms with E-state index in [-0.39, 0.29) is 0 Å². The lowest BCUT2D eigenvalue weighted by Gasteiger charge is -2.32. The monoisotopic (exact) mass is 224 g/mol. The second kappa shape index (κ2) is 6.02. The van der Waals surface area contributed by atoms with E-state index in [1.54, 1.807) is 0 Å². The van der Waals surface area contributed by atoms with Crippen molar-refractivity contribution >= 4 is 0 Å². The van der Waals surface area contributed by atoms with Crippen LogP contribution in [-0.2, 0) is 0 Å². The van der Waals surface area contributed by atoms with Crippen LogP contribution in [0.1, 0.15) is 51.9 Å². The molecule has 0 radical (unpaired) electrons. The fraction of sp³-hybridized carbons (Fsp3) is 1.00. The molecule has 94 valence electrons. The summed E-state index contributed by atoms with van der Waals surface area (Å²) in [7, 11) is 2.29. The van der Waals surface area contributed by atoms with Crippen LogP contribution in [0.2, 0.25) is 0 Å². The van der Waals surface area contributed by atoms with Gasteiger partial charge >= 0.3 is 0 Å². The number of likely N-dealkylation sites (tertiary alicyclic amines) is 1. The molecule has 1 saturated carbocycles. The fourth-order valence-electron chi connectivity index (χ4n) is 3.36. The molecule has 0 aromatic carbocycles. The molecule has 1 heterocycles. The first-order valence-corrected chi connectivity index (χ1v) is 7.19. The minimum atomic E-state index is 0.823. The topological polar surface area (TPSA) is 15.3 Å². The Morgan fingerprint density at radius 3 is 2.75 bits per heavy atom. The van der Waals surface area contributed by atoms with Gasteiger partial charge in [-0.3, -0.25) is 0 Å². The average molecular weight is 224 g/mol. The molecule has 3 unspecified atom stereocenters. The number of piperidine rings is 1. The van der Waals surface area contributed by atoms with Crippen LogP contribution < -0.4 is 5.32 Å². The molecule has 0 bridgehead atoms. The Labute approximate surface area is 101 Å². The van der Waals surface area contributed by atoms with Gasteiger partial charge in [0.2, 0.25) is 0 Å². The first-order valence-electron chi connectivity index (χ1n) is 7.19. The van der Waals surface area contributed by atoms with Gasteiger partial charge in [0.05, 0.1) is 0 Å². The van der Waals surface area contributed by atoms with Crippen LogP contribution in [0.25, 0.3) is 0 Å². The molecular formula is C14H28N2. The predicted molar refractivity (Wildman–Crippen MR) is 69.7 cm³/mol. The van der Waals surface area contributed by atoms with Crippen molar-refractivity contribution in [1.82, 2.24) is 10.2 Å². The van der Waals surface area contributed by atoms with Crippen molar-refractivity contribution in [2.24, 2.45) is 5.92 Å². The number of rotatable bonds is 4. The van der Waals surface area contributed by atoms with Crippen molar-refractivity contribution < 1.29 is 0 Å². The maximum Gasteiger partial charge on any atom is 0.0104 e. The molecular weight excluding hydrogens is 196 g/mol. The van der Waals surface area contributed by atoms with Gasteiger partial charge in [-0.05, 0) is 64.6 Å². The van der Waals surface area contributed by atoms with E-state index in [1.807, 2.05) is 0 Å². The molecule has 2 heteroatoms. The highest BCUT2D eigenvalue weighted by Gasteiger charge is 2.22. The van der Waals surface area contributed by atoms with Gasteiger partial charge in [0.25, 0.3) is 0 Å². The Morgan fingerprint density at radius 2 is 2.06 bits per heavy atom. The summed E-state index contributed by atoms with van der Waals surface area (Å²) < 4.78 is 0. The van der Waals surface area contributed by atoms with E-state index in [2.05, 4.69) is 24.2 Å². The number of hydrogen-bond acceptors (Lipinski definition) is 2. The molecule has 1 aliphatic carbocycles. The molecule has 1 aliphatic heterocycles. The molecule has 2 fully saturated rings. The molecule has 0 aromatic heterocycles. The zero-order valence-electron chi connectivity index (χ0n) is 11.0. The van der Waals surface area contributed by atoms with Gasteiger partial charge in [0.15, 0.2) is 0 Å². The molecule has 16 heavy (non-hydrogen) atoms. The smallest absolute Gasteiger partial charge is 0.0104 e.